The van der Waals surface area contributed by atoms with Crippen LogP contribution in [0.2, 0.25) is 0 Å². The Balaban J connectivity index is 2.36. The van der Waals surface area contributed by atoms with Crippen LogP contribution in [-0.2, 0) is 0 Å². The molecule has 2 aromatic carbocycles. The standard InChI is InChI=1S/C14H11FN2O/c1-18-13-6-5-10(9-16)14(8-13)17-12-4-2-3-11(15)7-12/h2-8,17H,1H3. The molecule has 0 aliphatic rings. The molecule has 2 aromatic rings. The number of nitrogens with zero attached hydrogens (tertiary/aromatic N) is 1. The molecular formula is C14H11FN2O. The second kappa shape index (κ2) is 5.19. The molecule has 0 aliphatic carbocycles. The van der Waals surface area contributed by atoms with Crippen LogP contribution in [0.15, 0.2) is 42.5 Å². The van der Waals surface area contributed by atoms with E-state index in [9.17, 15) is 4.39 Å². The highest BCUT2D eigenvalue weighted by molar-refractivity contribution is 5.68. The molecule has 0 atom stereocenters. The minimum atomic E-state index is -0.332. The van der Waals surface area contributed by atoms with E-state index in [-0.39, 0.29) is 5.82 Å². The van der Waals surface area contributed by atoms with Gasteiger partial charge in [0, 0.05) is 11.8 Å². The third-order valence-corrected chi connectivity index (χ3v) is 2.45. The van der Waals surface area contributed by atoms with E-state index in [1.807, 2.05) is 0 Å². The molecule has 4 heteroatoms. The molecule has 0 amide bonds. The number of methoxy groups -OCH3 is 1. The summed E-state index contributed by atoms with van der Waals surface area (Å²) in [5.41, 5.74) is 1.64. The second-order valence-corrected chi connectivity index (χ2v) is 3.66. The van der Waals surface area contributed by atoms with Gasteiger partial charge in [-0.2, -0.15) is 5.26 Å². The summed E-state index contributed by atoms with van der Waals surface area (Å²) in [6.45, 7) is 0. The molecule has 0 heterocycles. The van der Waals surface area contributed by atoms with Crippen molar-refractivity contribution in [3.8, 4) is 11.8 Å². The Morgan fingerprint density at radius 1 is 1.22 bits per heavy atom. The number of rotatable bonds is 3. The van der Waals surface area contributed by atoms with Gasteiger partial charge in [0.15, 0.2) is 0 Å². The van der Waals surface area contributed by atoms with Crippen molar-refractivity contribution in [1.82, 2.24) is 0 Å². The molecule has 0 unspecified atom stereocenters. The van der Waals surface area contributed by atoms with Gasteiger partial charge in [0.2, 0.25) is 0 Å². The van der Waals surface area contributed by atoms with Gasteiger partial charge in [0.1, 0.15) is 17.6 Å². The lowest BCUT2D eigenvalue weighted by atomic mass is 10.1. The summed E-state index contributed by atoms with van der Waals surface area (Å²) in [6.07, 6.45) is 0. The molecule has 2 rings (SSSR count). The van der Waals surface area contributed by atoms with Gasteiger partial charge in [-0.15, -0.1) is 0 Å². The van der Waals surface area contributed by atoms with Crippen molar-refractivity contribution < 1.29 is 9.13 Å². The SMILES string of the molecule is COc1ccc(C#N)c(Nc2cccc(F)c2)c1. The Hall–Kier alpha value is -2.54. The van der Waals surface area contributed by atoms with Crippen LogP contribution < -0.4 is 10.1 Å². The Labute approximate surface area is 104 Å². The minimum absolute atomic E-state index is 0.332. The predicted octanol–water partition coefficient (Wildman–Crippen LogP) is 3.45. The van der Waals surface area contributed by atoms with Crippen LogP contribution in [0.1, 0.15) is 5.56 Å². The second-order valence-electron chi connectivity index (χ2n) is 3.66. The fourth-order valence-electron chi connectivity index (χ4n) is 1.57. The number of ether oxygens (including phenoxy) is 1. The van der Waals surface area contributed by atoms with E-state index in [4.69, 9.17) is 10.00 Å². The smallest absolute Gasteiger partial charge is 0.125 e. The number of anilines is 2. The maximum atomic E-state index is 13.1. The summed E-state index contributed by atoms with van der Waals surface area (Å²) in [5.74, 6) is 0.300. The zero-order valence-electron chi connectivity index (χ0n) is 9.77. The lowest BCUT2D eigenvalue weighted by molar-refractivity contribution is 0.415. The highest BCUT2D eigenvalue weighted by Crippen LogP contribution is 2.25. The first-order valence-corrected chi connectivity index (χ1v) is 5.33. The summed E-state index contributed by atoms with van der Waals surface area (Å²) >= 11 is 0. The van der Waals surface area contributed by atoms with E-state index < -0.39 is 0 Å². The van der Waals surface area contributed by atoms with E-state index in [0.29, 0.717) is 22.7 Å². The molecule has 3 nitrogen and oxygen atoms in total. The third kappa shape index (κ3) is 2.58. The van der Waals surface area contributed by atoms with Crippen molar-refractivity contribution in [2.24, 2.45) is 0 Å². The van der Waals surface area contributed by atoms with Gasteiger partial charge in [-0.05, 0) is 30.3 Å². The Morgan fingerprint density at radius 2 is 2.06 bits per heavy atom. The first kappa shape index (κ1) is 11.9. The molecule has 0 aliphatic heterocycles. The van der Waals surface area contributed by atoms with Crippen LogP contribution in [0.4, 0.5) is 15.8 Å². The number of nitrogens with one attached hydrogen (secondary N) is 1. The quantitative estimate of drug-likeness (QED) is 0.896. The maximum Gasteiger partial charge on any atom is 0.125 e. The Morgan fingerprint density at radius 3 is 2.72 bits per heavy atom. The van der Waals surface area contributed by atoms with E-state index in [1.54, 1.807) is 37.4 Å². The van der Waals surface area contributed by atoms with Crippen LogP contribution in [0, 0.1) is 17.1 Å². The van der Waals surface area contributed by atoms with Gasteiger partial charge in [-0.3, -0.25) is 0 Å². The van der Waals surface area contributed by atoms with Crippen molar-refractivity contribution in [3.63, 3.8) is 0 Å². The summed E-state index contributed by atoms with van der Waals surface area (Å²) in [4.78, 5) is 0. The zero-order chi connectivity index (χ0) is 13.0. The zero-order valence-corrected chi connectivity index (χ0v) is 9.77. The van der Waals surface area contributed by atoms with Crippen molar-refractivity contribution >= 4 is 11.4 Å². The highest BCUT2D eigenvalue weighted by Gasteiger charge is 2.05. The molecule has 90 valence electrons. The van der Waals surface area contributed by atoms with Crippen LogP contribution in [0.3, 0.4) is 0 Å². The number of hydrogen-bond donors (Lipinski definition) is 1. The topological polar surface area (TPSA) is 45.0 Å². The van der Waals surface area contributed by atoms with E-state index in [0.717, 1.165) is 0 Å². The molecule has 0 bridgehead atoms. The normalized spacial score (nSPS) is 9.61. The number of hydrogen-bond acceptors (Lipinski definition) is 3. The molecule has 0 fully saturated rings. The molecule has 0 radical (unpaired) electrons. The van der Waals surface area contributed by atoms with Crippen LogP contribution in [-0.4, -0.2) is 7.11 Å². The van der Waals surface area contributed by atoms with Crippen molar-refractivity contribution in [2.75, 3.05) is 12.4 Å². The van der Waals surface area contributed by atoms with Crippen molar-refractivity contribution in [2.45, 2.75) is 0 Å². The van der Waals surface area contributed by atoms with Gasteiger partial charge in [0.25, 0.3) is 0 Å². The minimum Gasteiger partial charge on any atom is -0.497 e. The summed E-state index contributed by atoms with van der Waals surface area (Å²) in [6, 6.07) is 13.2. The average Bonchev–Trinajstić information content (AvgIpc) is 2.38. The summed E-state index contributed by atoms with van der Waals surface area (Å²) in [7, 11) is 1.55. The summed E-state index contributed by atoms with van der Waals surface area (Å²) < 4.78 is 18.2. The molecule has 1 N–H and O–H groups in total. The average molecular weight is 242 g/mol. The van der Waals surface area contributed by atoms with Crippen LogP contribution >= 0.6 is 0 Å². The van der Waals surface area contributed by atoms with Gasteiger partial charge in [-0.25, -0.2) is 4.39 Å². The van der Waals surface area contributed by atoms with Gasteiger partial charge >= 0.3 is 0 Å². The van der Waals surface area contributed by atoms with Crippen molar-refractivity contribution in [3.05, 3.63) is 53.8 Å². The monoisotopic (exact) mass is 242 g/mol. The molecule has 0 saturated heterocycles. The first-order valence-electron chi connectivity index (χ1n) is 5.33. The molecule has 0 saturated carbocycles. The molecule has 0 spiro atoms. The van der Waals surface area contributed by atoms with Gasteiger partial charge in [0.05, 0.1) is 18.4 Å². The molecule has 0 aromatic heterocycles. The van der Waals surface area contributed by atoms with Crippen molar-refractivity contribution in [1.29, 1.82) is 5.26 Å². The van der Waals surface area contributed by atoms with E-state index in [1.165, 1.54) is 12.1 Å². The van der Waals surface area contributed by atoms with Crippen LogP contribution in [0.5, 0.6) is 5.75 Å². The fourth-order valence-corrected chi connectivity index (χ4v) is 1.57. The Kier molecular flexibility index (Phi) is 3.44. The first-order chi connectivity index (χ1) is 8.72. The maximum absolute atomic E-state index is 13.1. The van der Waals surface area contributed by atoms with Crippen LogP contribution in [0.25, 0.3) is 0 Å². The summed E-state index contributed by atoms with van der Waals surface area (Å²) in [5, 5.41) is 12.0. The predicted molar refractivity (Wildman–Crippen MR) is 67.4 cm³/mol. The number of benzene rings is 2. The third-order valence-electron chi connectivity index (χ3n) is 2.45. The largest absolute Gasteiger partial charge is 0.497 e. The highest BCUT2D eigenvalue weighted by atomic mass is 19.1. The van der Waals surface area contributed by atoms with E-state index in [2.05, 4.69) is 11.4 Å². The molecule has 18 heavy (non-hydrogen) atoms. The Bertz CT molecular complexity index is 605. The van der Waals surface area contributed by atoms with Gasteiger partial charge < -0.3 is 10.1 Å². The fraction of sp³-hybridized carbons (Fsp3) is 0.0714. The lowest BCUT2D eigenvalue weighted by Gasteiger charge is -2.10. The molecular weight excluding hydrogens is 231 g/mol. The van der Waals surface area contributed by atoms with E-state index >= 15 is 0 Å². The lowest BCUT2D eigenvalue weighted by Crippen LogP contribution is -1.95. The van der Waals surface area contributed by atoms with Gasteiger partial charge in [-0.1, -0.05) is 6.07 Å². The number of nitriles is 1. The number of halogens is 1.